The van der Waals surface area contributed by atoms with Gasteiger partial charge in [-0.05, 0) is 0 Å². The first-order valence-electron chi connectivity index (χ1n) is 3.68. The minimum Gasteiger partial charge on any atom is -0.302 e. The molecule has 1 fully saturated rings. The van der Waals surface area contributed by atoms with Crippen LogP contribution < -0.4 is 0 Å². The molecule has 0 unspecified atom stereocenters. The van der Waals surface area contributed by atoms with Crippen LogP contribution in [0.1, 0.15) is 13.3 Å². The van der Waals surface area contributed by atoms with E-state index < -0.39 is 18.3 Å². The minimum absolute atomic E-state index is 0.194. The maximum atomic E-state index is 10.7. The van der Waals surface area contributed by atoms with Crippen molar-refractivity contribution in [1.82, 2.24) is 0 Å². The Balaban J connectivity index is 2.75. The summed E-state index contributed by atoms with van der Waals surface area (Å²) in [6.07, 6.45) is 0.194. The number of rotatable bonds is 2. The molecular formula is C5H10NO6P. The summed E-state index contributed by atoms with van der Waals surface area (Å²) in [5.74, 6) is 0. The Hall–Kier alpha value is -0.490. The van der Waals surface area contributed by atoms with Gasteiger partial charge in [0.05, 0.1) is 0 Å². The lowest BCUT2D eigenvalue weighted by molar-refractivity contribution is -0.579. The van der Waals surface area contributed by atoms with E-state index in [1.54, 1.807) is 6.92 Å². The van der Waals surface area contributed by atoms with E-state index in [1.165, 1.54) is 0 Å². The average Bonchev–Trinajstić information content (AvgIpc) is 2.05. The van der Waals surface area contributed by atoms with E-state index in [1.807, 2.05) is 0 Å². The van der Waals surface area contributed by atoms with Gasteiger partial charge in [-0.15, -0.1) is 0 Å². The van der Waals surface area contributed by atoms with Gasteiger partial charge in [-0.2, -0.15) is 0 Å². The molecule has 0 aromatic carbocycles. The largest absolute Gasteiger partial charge is 0.472 e. The standard InChI is InChI=1S/C5H10NO6P/c1-2-5(6(7)8)3-11-13(9,10)12-4-5/h2-4H2,1H3,(H,9,10). The van der Waals surface area contributed by atoms with Gasteiger partial charge in [0, 0.05) is 11.3 Å². The molecule has 1 heterocycles. The Morgan fingerprint density at radius 3 is 2.38 bits per heavy atom. The van der Waals surface area contributed by atoms with Crippen molar-refractivity contribution >= 4 is 7.82 Å². The summed E-state index contributed by atoms with van der Waals surface area (Å²) in [6, 6.07) is 0. The van der Waals surface area contributed by atoms with Crippen molar-refractivity contribution in [3.05, 3.63) is 10.1 Å². The fraction of sp³-hybridized carbons (Fsp3) is 1.00. The van der Waals surface area contributed by atoms with Crippen LogP contribution in [-0.2, 0) is 13.6 Å². The lowest BCUT2D eigenvalue weighted by atomic mass is 10.0. The normalized spacial score (nSPS) is 40.2. The van der Waals surface area contributed by atoms with Crippen molar-refractivity contribution in [2.24, 2.45) is 0 Å². The van der Waals surface area contributed by atoms with Crippen molar-refractivity contribution in [1.29, 1.82) is 0 Å². The summed E-state index contributed by atoms with van der Waals surface area (Å²) in [5.41, 5.74) is -1.38. The highest BCUT2D eigenvalue weighted by Gasteiger charge is 2.49. The van der Waals surface area contributed by atoms with E-state index in [0.717, 1.165) is 0 Å². The van der Waals surface area contributed by atoms with Gasteiger partial charge in [-0.3, -0.25) is 19.2 Å². The number of phosphoric acid groups is 1. The van der Waals surface area contributed by atoms with Crippen molar-refractivity contribution in [3.8, 4) is 0 Å². The van der Waals surface area contributed by atoms with E-state index in [-0.39, 0.29) is 19.6 Å². The maximum Gasteiger partial charge on any atom is 0.472 e. The summed E-state index contributed by atoms with van der Waals surface area (Å²) >= 11 is 0. The topological polar surface area (TPSA) is 98.9 Å². The van der Waals surface area contributed by atoms with Crippen molar-refractivity contribution < 1.29 is 23.4 Å². The van der Waals surface area contributed by atoms with Crippen molar-refractivity contribution in [2.45, 2.75) is 18.9 Å². The summed E-state index contributed by atoms with van der Waals surface area (Å²) in [6.45, 7) is 0.831. The summed E-state index contributed by atoms with van der Waals surface area (Å²) < 4.78 is 19.5. The number of hydrogen-bond donors (Lipinski definition) is 1. The smallest absolute Gasteiger partial charge is 0.302 e. The second-order valence-corrected chi connectivity index (χ2v) is 4.30. The first kappa shape index (κ1) is 10.6. The minimum atomic E-state index is -4.02. The summed E-state index contributed by atoms with van der Waals surface area (Å²) in [4.78, 5) is 18.8. The van der Waals surface area contributed by atoms with Crippen LogP contribution in [0.3, 0.4) is 0 Å². The fourth-order valence-electron chi connectivity index (χ4n) is 0.921. The first-order valence-corrected chi connectivity index (χ1v) is 5.18. The molecule has 1 rings (SSSR count). The van der Waals surface area contributed by atoms with Gasteiger partial charge in [0.1, 0.15) is 13.2 Å². The van der Waals surface area contributed by atoms with E-state index in [4.69, 9.17) is 4.89 Å². The van der Waals surface area contributed by atoms with Gasteiger partial charge in [0.2, 0.25) is 0 Å². The first-order chi connectivity index (χ1) is 5.92. The highest BCUT2D eigenvalue weighted by Crippen LogP contribution is 2.48. The Bertz CT molecular complexity index is 254. The van der Waals surface area contributed by atoms with E-state index in [9.17, 15) is 14.7 Å². The van der Waals surface area contributed by atoms with Crippen LogP contribution in [0.2, 0.25) is 0 Å². The molecule has 0 saturated carbocycles. The molecule has 1 N–H and O–H groups in total. The molecule has 0 amide bonds. The fourth-order valence-corrected chi connectivity index (χ4v) is 1.80. The molecule has 0 aromatic heterocycles. The van der Waals surface area contributed by atoms with E-state index in [0.29, 0.717) is 0 Å². The highest BCUT2D eigenvalue weighted by atomic mass is 31.2. The number of phosphoric ester groups is 1. The van der Waals surface area contributed by atoms with Gasteiger partial charge >= 0.3 is 7.82 Å². The van der Waals surface area contributed by atoms with Crippen LogP contribution in [0, 0.1) is 10.1 Å². The second kappa shape index (κ2) is 3.34. The molecule has 0 aliphatic carbocycles. The zero-order valence-corrected chi connectivity index (χ0v) is 7.90. The van der Waals surface area contributed by atoms with Gasteiger partial charge < -0.3 is 4.89 Å². The number of hydrogen-bond acceptors (Lipinski definition) is 5. The van der Waals surface area contributed by atoms with E-state index in [2.05, 4.69) is 9.05 Å². The molecule has 1 aliphatic rings. The molecule has 1 saturated heterocycles. The molecule has 0 aromatic rings. The Kier molecular flexibility index (Phi) is 2.72. The zero-order chi connectivity index (χ0) is 10.1. The Morgan fingerprint density at radius 2 is 2.08 bits per heavy atom. The molecule has 0 bridgehead atoms. The summed E-state index contributed by atoms with van der Waals surface area (Å²) in [7, 11) is -4.02. The third kappa shape index (κ3) is 2.05. The molecule has 13 heavy (non-hydrogen) atoms. The maximum absolute atomic E-state index is 10.7. The molecule has 7 nitrogen and oxygen atoms in total. The van der Waals surface area contributed by atoms with E-state index >= 15 is 0 Å². The quantitative estimate of drug-likeness (QED) is 0.407. The molecular weight excluding hydrogens is 201 g/mol. The van der Waals surface area contributed by atoms with Crippen molar-refractivity contribution in [3.63, 3.8) is 0 Å². The number of nitrogens with zero attached hydrogens (tertiary/aromatic N) is 1. The lowest BCUT2D eigenvalue weighted by Gasteiger charge is -2.29. The third-order valence-electron chi connectivity index (χ3n) is 2.04. The molecule has 76 valence electrons. The summed E-state index contributed by atoms with van der Waals surface area (Å²) in [5, 5.41) is 10.6. The molecule has 1 aliphatic heterocycles. The van der Waals surface area contributed by atoms with Crippen LogP contribution in [0.5, 0.6) is 0 Å². The van der Waals surface area contributed by atoms with Gasteiger partial charge in [-0.1, -0.05) is 6.92 Å². The molecule has 0 spiro atoms. The van der Waals surface area contributed by atoms with Crippen LogP contribution in [-0.4, -0.2) is 28.6 Å². The van der Waals surface area contributed by atoms with Crippen molar-refractivity contribution in [2.75, 3.05) is 13.2 Å². The predicted molar refractivity (Wildman–Crippen MR) is 41.7 cm³/mol. The van der Waals surface area contributed by atoms with Crippen LogP contribution in [0.25, 0.3) is 0 Å². The van der Waals surface area contributed by atoms with Gasteiger partial charge in [0.15, 0.2) is 0 Å². The van der Waals surface area contributed by atoms with Gasteiger partial charge in [-0.25, -0.2) is 4.57 Å². The number of nitro groups is 1. The molecule has 0 radical (unpaired) electrons. The third-order valence-corrected chi connectivity index (χ3v) is 2.95. The predicted octanol–water partition coefficient (Wildman–Crippen LogP) is 0.559. The van der Waals surface area contributed by atoms with Crippen LogP contribution in [0.4, 0.5) is 0 Å². The molecule has 0 atom stereocenters. The monoisotopic (exact) mass is 211 g/mol. The Labute approximate surface area is 74.4 Å². The average molecular weight is 211 g/mol. The SMILES string of the molecule is CCC1([N+](=O)[O-])COP(=O)(O)OC1. The van der Waals surface area contributed by atoms with Crippen LogP contribution >= 0.6 is 7.82 Å². The second-order valence-electron chi connectivity index (χ2n) is 2.85. The lowest BCUT2D eigenvalue weighted by Crippen LogP contribution is -2.48. The zero-order valence-electron chi connectivity index (χ0n) is 7.00. The van der Waals surface area contributed by atoms with Gasteiger partial charge in [0.25, 0.3) is 5.54 Å². The van der Waals surface area contributed by atoms with Crippen LogP contribution in [0.15, 0.2) is 0 Å². The molecule has 8 heteroatoms. The Morgan fingerprint density at radius 1 is 1.62 bits per heavy atom. The highest BCUT2D eigenvalue weighted by molar-refractivity contribution is 7.47.